The van der Waals surface area contributed by atoms with E-state index in [-0.39, 0.29) is 5.91 Å². The van der Waals surface area contributed by atoms with Gasteiger partial charge in [0.2, 0.25) is 5.91 Å². The second-order valence-corrected chi connectivity index (χ2v) is 4.33. The van der Waals surface area contributed by atoms with Gasteiger partial charge in [-0.05, 0) is 22.8 Å². The van der Waals surface area contributed by atoms with Gasteiger partial charge in [0, 0.05) is 6.92 Å². The molecule has 0 aliphatic heterocycles. The van der Waals surface area contributed by atoms with E-state index in [1.165, 1.54) is 12.3 Å². The van der Waals surface area contributed by atoms with E-state index in [2.05, 4.69) is 5.32 Å². The van der Waals surface area contributed by atoms with Gasteiger partial charge in [0.05, 0.1) is 6.04 Å². The van der Waals surface area contributed by atoms with Crippen LogP contribution in [0.4, 0.5) is 0 Å². The fourth-order valence-electron chi connectivity index (χ4n) is 2.01. The smallest absolute Gasteiger partial charge is 0.217 e. The van der Waals surface area contributed by atoms with Gasteiger partial charge >= 0.3 is 0 Å². The van der Waals surface area contributed by atoms with Crippen LogP contribution in [0.3, 0.4) is 0 Å². The van der Waals surface area contributed by atoms with Gasteiger partial charge in [-0.2, -0.15) is 0 Å². The first-order chi connectivity index (χ1) is 8.69. The lowest BCUT2D eigenvalue weighted by atomic mass is 10.0. The SMILES string of the molecule is CC(=O)N[C@@H](C=O)Cc1ccc2ccccc2c1. The van der Waals surface area contributed by atoms with Crippen molar-refractivity contribution in [2.24, 2.45) is 0 Å². The Morgan fingerprint density at radius 1 is 1.22 bits per heavy atom. The summed E-state index contributed by atoms with van der Waals surface area (Å²) in [6.07, 6.45) is 1.30. The number of benzene rings is 2. The van der Waals surface area contributed by atoms with Crippen LogP contribution in [-0.2, 0) is 16.0 Å². The van der Waals surface area contributed by atoms with Crippen LogP contribution in [0.15, 0.2) is 42.5 Å². The molecule has 0 bridgehead atoms. The van der Waals surface area contributed by atoms with Crippen LogP contribution >= 0.6 is 0 Å². The Bertz CT molecular complexity index is 577. The summed E-state index contributed by atoms with van der Waals surface area (Å²) in [7, 11) is 0. The predicted molar refractivity (Wildman–Crippen MR) is 71.3 cm³/mol. The molecule has 0 saturated heterocycles. The molecule has 2 rings (SSSR count). The lowest BCUT2D eigenvalue weighted by Gasteiger charge is -2.11. The van der Waals surface area contributed by atoms with Crippen LogP contribution in [0.2, 0.25) is 0 Å². The van der Waals surface area contributed by atoms with Crippen molar-refractivity contribution in [3.63, 3.8) is 0 Å². The standard InChI is InChI=1S/C15H15NO2/c1-11(18)16-15(10-17)9-12-6-7-13-4-2-3-5-14(13)8-12/h2-8,10,15H,9H2,1H3,(H,16,18)/t15-/m1/s1. The van der Waals surface area contributed by atoms with Gasteiger partial charge in [0.1, 0.15) is 6.29 Å². The number of aldehydes is 1. The molecule has 0 unspecified atom stereocenters. The Morgan fingerprint density at radius 2 is 1.94 bits per heavy atom. The molecule has 0 aliphatic rings. The molecule has 92 valence electrons. The largest absolute Gasteiger partial charge is 0.346 e. The highest BCUT2D eigenvalue weighted by Crippen LogP contribution is 2.16. The van der Waals surface area contributed by atoms with Crippen LogP contribution in [0.5, 0.6) is 0 Å². The van der Waals surface area contributed by atoms with E-state index in [0.717, 1.165) is 17.2 Å². The lowest BCUT2D eigenvalue weighted by Crippen LogP contribution is -2.35. The van der Waals surface area contributed by atoms with Gasteiger partial charge in [-0.15, -0.1) is 0 Å². The molecule has 2 aromatic carbocycles. The summed E-state index contributed by atoms with van der Waals surface area (Å²) >= 11 is 0. The maximum Gasteiger partial charge on any atom is 0.217 e. The molecule has 1 atom stereocenters. The first-order valence-electron chi connectivity index (χ1n) is 5.89. The van der Waals surface area contributed by atoms with E-state index in [1.807, 2.05) is 42.5 Å². The third-order valence-corrected chi connectivity index (χ3v) is 2.82. The fraction of sp³-hybridized carbons (Fsp3) is 0.200. The number of carbonyl (C=O) groups is 2. The average molecular weight is 241 g/mol. The van der Waals surface area contributed by atoms with Crippen molar-refractivity contribution in [3.05, 3.63) is 48.0 Å². The summed E-state index contributed by atoms with van der Waals surface area (Å²) in [6.45, 7) is 1.41. The van der Waals surface area contributed by atoms with Gasteiger partial charge in [0.15, 0.2) is 0 Å². The minimum absolute atomic E-state index is 0.187. The number of carbonyl (C=O) groups excluding carboxylic acids is 2. The summed E-state index contributed by atoms with van der Waals surface area (Å²) in [5.74, 6) is -0.187. The Labute approximate surface area is 106 Å². The van der Waals surface area contributed by atoms with Gasteiger partial charge in [-0.3, -0.25) is 4.79 Å². The Morgan fingerprint density at radius 3 is 2.61 bits per heavy atom. The third-order valence-electron chi connectivity index (χ3n) is 2.82. The molecule has 0 aliphatic carbocycles. The molecule has 0 radical (unpaired) electrons. The molecule has 0 spiro atoms. The fourth-order valence-corrected chi connectivity index (χ4v) is 2.01. The van der Waals surface area contributed by atoms with E-state index < -0.39 is 6.04 Å². The zero-order valence-electron chi connectivity index (χ0n) is 10.2. The van der Waals surface area contributed by atoms with Crippen LogP contribution in [-0.4, -0.2) is 18.2 Å². The van der Waals surface area contributed by atoms with Crippen molar-refractivity contribution in [1.82, 2.24) is 5.32 Å². The van der Waals surface area contributed by atoms with Crippen molar-refractivity contribution < 1.29 is 9.59 Å². The van der Waals surface area contributed by atoms with Gasteiger partial charge < -0.3 is 10.1 Å². The predicted octanol–water partition coefficient (Wildman–Crippen LogP) is 2.09. The molecule has 0 aromatic heterocycles. The van der Waals surface area contributed by atoms with Crippen LogP contribution in [0.25, 0.3) is 10.8 Å². The Balaban J connectivity index is 2.20. The molecule has 2 aromatic rings. The highest BCUT2D eigenvalue weighted by molar-refractivity contribution is 5.83. The van der Waals surface area contributed by atoms with Crippen molar-refractivity contribution in [2.45, 2.75) is 19.4 Å². The highest BCUT2D eigenvalue weighted by Gasteiger charge is 2.09. The zero-order chi connectivity index (χ0) is 13.0. The van der Waals surface area contributed by atoms with Crippen molar-refractivity contribution in [1.29, 1.82) is 0 Å². The molecule has 0 fully saturated rings. The quantitative estimate of drug-likeness (QED) is 0.833. The van der Waals surface area contributed by atoms with E-state index >= 15 is 0 Å². The summed E-state index contributed by atoms with van der Waals surface area (Å²) < 4.78 is 0. The number of fused-ring (bicyclic) bond motifs is 1. The summed E-state index contributed by atoms with van der Waals surface area (Å²) in [4.78, 5) is 21.8. The number of nitrogens with one attached hydrogen (secondary N) is 1. The molecule has 18 heavy (non-hydrogen) atoms. The van der Waals surface area contributed by atoms with E-state index in [0.29, 0.717) is 6.42 Å². The summed E-state index contributed by atoms with van der Waals surface area (Å²) in [5.41, 5.74) is 1.04. The van der Waals surface area contributed by atoms with E-state index in [9.17, 15) is 9.59 Å². The molecule has 3 heteroatoms. The Kier molecular flexibility index (Phi) is 3.72. The maximum absolute atomic E-state index is 10.9. The van der Waals surface area contributed by atoms with Crippen LogP contribution in [0.1, 0.15) is 12.5 Å². The highest BCUT2D eigenvalue weighted by atomic mass is 16.2. The molecule has 1 amide bonds. The second kappa shape index (κ2) is 5.45. The summed E-state index contributed by atoms with van der Waals surface area (Å²) in [6, 6.07) is 13.7. The Hall–Kier alpha value is -2.16. The van der Waals surface area contributed by atoms with Crippen molar-refractivity contribution in [2.75, 3.05) is 0 Å². The number of hydrogen-bond acceptors (Lipinski definition) is 2. The van der Waals surface area contributed by atoms with Crippen LogP contribution in [0, 0.1) is 0 Å². The first-order valence-corrected chi connectivity index (χ1v) is 5.89. The average Bonchev–Trinajstić information content (AvgIpc) is 2.37. The van der Waals surface area contributed by atoms with Crippen LogP contribution < -0.4 is 5.32 Å². The second-order valence-electron chi connectivity index (χ2n) is 4.33. The third kappa shape index (κ3) is 2.94. The van der Waals surface area contributed by atoms with Crippen molar-refractivity contribution in [3.8, 4) is 0 Å². The van der Waals surface area contributed by atoms with Gasteiger partial charge in [-0.25, -0.2) is 0 Å². The maximum atomic E-state index is 10.9. The van der Waals surface area contributed by atoms with Gasteiger partial charge in [-0.1, -0.05) is 42.5 Å². The summed E-state index contributed by atoms with van der Waals surface area (Å²) in [5, 5.41) is 4.93. The first kappa shape index (κ1) is 12.3. The molecule has 0 saturated carbocycles. The number of hydrogen-bond donors (Lipinski definition) is 1. The molecule has 3 nitrogen and oxygen atoms in total. The minimum atomic E-state index is -0.455. The van der Waals surface area contributed by atoms with E-state index in [4.69, 9.17) is 0 Å². The molecular formula is C15H15NO2. The lowest BCUT2D eigenvalue weighted by molar-refractivity contribution is -0.122. The number of amides is 1. The van der Waals surface area contributed by atoms with Crippen molar-refractivity contribution >= 4 is 23.0 Å². The van der Waals surface area contributed by atoms with Gasteiger partial charge in [0.25, 0.3) is 0 Å². The molecule has 0 heterocycles. The zero-order valence-corrected chi connectivity index (χ0v) is 10.2. The monoisotopic (exact) mass is 241 g/mol. The molecular weight excluding hydrogens is 226 g/mol. The number of rotatable bonds is 4. The topological polar surface area (TPSA) is 46.2 Å². The molecule has 1 N–H and O–H groups in total. The van der Waals surface area contributed by atoms with E-state index in [1.54, 1.807) is 0 Å². The normalized spacial score (nSPS) is 12.1. The minimum Gasteiger partial charge on any atom is -0.346 e.